The molecule has 2 aromatic heterocycles. The van der Waals surface area contributed by atoms with Crippen molar-refractivity contribution in [3.8, 4) is 0 Å². The highest BCUT2D eigenvalue weighted by Crippen LogP contribution is 2.31. The Morgan fingerprint density at radius 1 is 1.24 bits per heavy atom. The van der Waals surface area contributed by atoms with Crippen molar-refractivity contribution in [3.63, 3.8) is 0 Å². The second-order valence-electron chi connectivity index (χ2n) is 7.19. The second kappa shape index (κ2) is 7.32. The lowest BCUT2D eigenvalue weighted by molar-refractivity contribution is -0.117. The van der Waals surface area contributed by atoms with Crippen LogP contribution in [0.3, 0.4) is 0 Å². The van der Waals surface area contributed by atoms with Gasteiger partial charge in [0.15, 0.2) is 17.2 Å². The van der Waals surface area contributed by atoms with Crippen LogP contribution in [-0.2, 0) is 4.79 Å². The number of carbonyl (C=O) groups is 1. The van der Waals surface area contributed by atoms with E-state index in [1.54, 1.807) is 11.8 Å². The summed E-state index contributed by atoms with van der Waals surface area (Å²) in [6, 6.07) is 13.8. The van der Waals surface area contributed by atoms with Crippen LogP contribution in [0.1, 0.15) is 24.2 Å². The predicted molar refractivity (Wildman–Crippen MR) is 115 cm³/mol. The minimum atomic E-state index is -0.204. The molecule has 1 atom stereocenters. The van der Waals surface area contributed by atoms with Gasteiger partial charge in [0.1, 0.15) is 5.69 Å². The highest BCUT2D eigenvalue weighted by molar-refractivity contribution is 8.00. The molecule has 9 heteroatoms. The molecule has 1 aromatic carbocycles. The molecule has 29 heavy (non-hydrogen) atoms. The van der Waals surface area contributed by atoms with Crippen LogP contribution in [-0.4, -0.2) is 32.1 Å². The number of amidine groups is 1. The number of benzene rings is 1. The van der Waals surface area contributed by atoms with E-state index in [-0.39, 0.29) is 17.3 Å². The maximum absolute atomic E-state index is 11.9. The topological polar surface area (TPSA) is 99.1 Å². The smallest absolute Gasteiger partial charge is 0.227 e. The van der Waals surface area contributed by atoms with E-state index in [0.29, 0.717) is 0 Å². The Hall–Kier alpha value is -3.20. The molecule has 0 saturated heterocycles. The Labute approximate surface area is 172 Å². The number of fused-ring (bicyclic) bond motifs is 1. The summed E-state index contributed by atoms with van der Waals surface area (Å²) >= 11 is 1.60. The standard InChI is InChI=1S/C20H21N7OS/c1-12-11-17(25-24-12)22-18-16-3-2-10-27(16)26-20(23-18)29-15-8-6-14(7-9-15)21-19(28)13-4-5-13/h2-3,6-11,13,20,26H,4-5H2,1H3,(H,21,28)(H2,22,23,24,25). The van der Waals surface area contributed by atoms with E-state index in [2.05, 4.69) is 26.3 Å². The number of aromatic amines is 1. The third-order valence-corrected chi connectivity index (χ3v) is 5.74. The number of aliphatic imine (C=N–C) groups is 1. The summed E-state index contributed by atoms with van der Waals surface area (Å²) in [6.07, 6.45) is 3.97. The fraction of sp³-hybridized carbons (Fsp3) is 0.250. The lowest BCUT2D eigenvalue weighted by Crippen LogP contribution is -2.35. The molecule has 1 unspecified atom stereocenters. The third-order valence-electron chi connectivity index (χ3n) is 4.76. The number of H-pyrrole nitrogens is 1. The zero-order chi connectivity index (χ0) is 19.8. The summed E-state index contributed by atoms with van der Waals surface area (Å²) in [6.45, 7) is 1.96. The molecule has 1 fully saturated rings. The van der Waals surface area contributed by atoms with Crippen LogP contribution in [0, 0.1) is 12.8 Å². The molecule has 0 radical (unpaired) electrons. The summed E-state index contributed by atoms with van der Waals surface area (Å²) in [5.41, 5.74) is 5.92. The van der Waals surface area contributed by atoms with Gasteiger partial charge in [-0.3, -0.25) is 20.0 Å². The van der Waals surface area contributed by atoms with Crippen molar-refractivity contribution < 1.29 is 4.79 Å². The number of hydrogen-bond acceptors (Lipinski definition) is 6. The first-order chi connectivity index (χ1) is 14.1. The van der Waals surface area contributed by atoms with E-state index in [1.807, 2.05) is 60.3 Å². The third kappa shape index (κ3) is 4.00. The largest absolute Gasteiger partial charge is 0.326 e. The normalized spacial score (nSPS) is 17.8. The highest BCUT2D eigenvalue weighted by Gasteiger charge is 2.29. The van der Waals surface area contributed by atoms with Crippen LogP contribution in [0.4, 0.5) is 11.5 Å². The molecule has 5 rings (SSSR count). The molecule has 1 aliphatic carbocycles. The van der Waals surface area contributed by atoms with Crippen molar-refractivity contribution in [2.24, 2.45) is 10.9 Å². The lowest BCUT2D eigenvalue weighted by Gasteiger charge is -2.25. The number of aromatic nitrogens is 3. The number of thioether (sulfide) groups is 1. The molecule has 8 nitrogen and oxygen atoms in total. The number of nitrogens with one attached hydrogen (secondary N) is 4. The van der Waals surface area contributed by atoms with E-state index in [4.69, 9.17) is 4.99 Å². The van der Waals surface area contributed by atoms with E-state index in [1.165, 1.54) is 0 Å². The van der Waals surface area contributed by atoms with Crippen LogP contribution >= 0.6 is 11.8 Å². The van der Waals surface area contributed by atoms with Gasteiger partial charge in [-0.2, -0.15) is 5.10 Å². The molecular weight excluding hydrogens is 386 g/mol. The molecule has 1 saturated carbocycles. The van der Waals surface area contributed by atoms with Crippen LogP contribution in [0.15, 0.2) is 58.5 Å². The van der Waals surface area contributed by atoms with Crippen molar-refractivity contribution in [2.45, 2.75) is 30.2 Å². The summed E-state index contributed by atoms with van der Waals surface area (Å²) in [5.74, 6) is 1.81. The number of anilines is 2. The first-order valence-corrected chi connectivity index (χ1v) is 10.4. The molecule has 0 spiro atoms. The maximum Gasteiger partial charge on any atom is 0.227 e. The molecule has 1 amide bonds. The Morgan fingerprint density at radius 3 is 2.79 bits per heavy atom. The summed E-state index contributed by atoms with van der Waals surface area (Å²) in [5, 5.41) is 13.4. The maximum atomic E-state index is 11.9. The summed E-state index contributed by atoms with van der Waals surface area (Å²) in [4.78, 5) is 17.8. The number of nitrogens with zero attached hydrogens (tertiary/aromatic N) is 3. The number of aryl methyl sites for hydroxylation is 1. The molecular formula is C20H21N7OS. The summed E-state index contributed by atoms with van der Waals surface area (Å²) in [7, 11) is 0. The Kier molecular flexibility index (Phi) is 4.51. The van der Waals surface area contributed by atoms with Gasteiger partial charge in [0, 0.05) is 34.5 Å². The second-order valence-corrected chi connectivity index (χ2v) is 8.34. The fourth-order valence-electron chi connectivity index (χ4n) is 3.11. The number of carbonyl (C=O) groups excluding carboxylic acids is 1. The molecule has 1 aliphatic heterocycles. The minimum Gasteiger partial charge on any atom is -0.326 e. The van der Waals surface area contributed by atoms with Crippen molar-refractivity contribution >= 4 is 35.0 Å². The van der Waals surface area contributed by atoms with Gasteiger partial charge in [-0.25, -0.2) is 4.99 Å². The van der Waals surface area contributed by atoms with Crippen molar-refractivity contribution in [1.29, 1.82) is 0 Å². The van der Waals surface area contributed by atoms with Gasteiger partial charge in [0.05, 0.1) is 0 Å². The average Bonchev–Trinajstić information content (AvgIpc) is 3.32. The monoisotopic (exact) mass is 407 g/mol. The van der Waals surface area contributed by atoms with Gasteiger partial charge in [-0.05, 0) is 56.2 Å². The van der Waals surface area contributed by atoms with Crippen molar-refractivity contribution in [3.05, 3.63) is 60.0 Å². The SMILES string of the molecule is Cc1cc(NC2=NC(Sc3ccc(NC(=O)C4CC4)cc3)Nn3cccc32)n[nH]1. The molecule has 2 aliphatic rings. The lowest BCUT2D eigenvalue weighted by atomic mass is 10.3. The first kappa shape index (κ1) is 17.9. The highest BCUT2D eigenvalue weighted by atomic mass is 32.2. The molecule has 0 bridgehead atoms. The van der Waals surface area contributed by atoms with Gasteiger partial charge < -0.3 is 10.6 Å². The number of rotatable bonds is 5. The quantitative estimate of drug-likeness (QED) is 0.520. The van der Waals surface area contributed by atoms with Crippen molar-refractivity contribution in [1.82, 2.24) is 14.9 Å². The zero-order valence-corrected chi connectivity index (χ0v) is 16.7. The van der Waals surface area contributed by atoms with E-state index >= 15 is 0 Å². The Morgan fingerprint density at radius 2 is 2.07 bits per heavy atom. The minimum absolute atomic E-state index is 0.119. The van der Waals surface area contributed by atoms with Crippen molar-refractivity contribution in [2.75, 3.05) is 16.1 Å². The van der Waals surface area contributed by atoms with E-state index < -0.39 is 0 Å². The van der Waals surface area contributed by atoms with Gasteiger partial charge in [0.25, 0.3) is 0 Å². The number of hydrogen-bond donors (Lipinski definition) is 4. The molecule has 4 N–H and O–H groups in total. The molecule has 3 heterocycles. The van der Waals surface area contributed by atoms with Crippen LogP contribution in [0.5, 0.6) is 0 Å². The Balaban J connectivity index is 1.30. The van der Waals surface area contributed by atoms with E-state index in [9.17, 15) is 4.79 Å². The molecule has 3 aromatic rings. The van der Waals surface area contributed by atoms with Gasteiger partial charge in [-0.15, -0.1) is 0 Å². The van der Waals surface area contributed by atoms with E-state index in [0.717, 1.165) is 46.5 Å². The van der Waals surface area contributed by atoms with Crippen LogP contribution in [0.25, 0.3) is 0 Å². The Bertz CT molecular complexity index is 1060. The van der Waals surface area contributed by atoms with Gasteiger partial charge in [-0.1, -0.05) is 11.8 Å². The first-order valence-electron chi connectivity index (χ1n) is 9.53. The number of amides is 1. The van der Waals surface area contributed by atoms with Gasteiger partial charge >= 0.3 is 0 Å². The van der Waals surface area contributed by atoms with Crippen LogP contribution in [0.2, 0.25) is 0 Å². The molecule has 148 valence electrons. The predicted octanol–water partition coefficient (Wildman–Crippen LogP) is 3.36. The van der Waals surface area contributed by atoms with Crippen LogP contribution < -0.4 is 16.1 Å². The average molecular weight is 408 g/mol. The summed E-state index contributed by atoms with van der Waals surface area (Å²) < 4.78 is 1.96. The zero-order valence-electron chi connectivity index (χ0n) is 15.8. The van der Waals surface area contributed by atoms with Gasteiger partial charge in [0.2, 0.25) is 5.91 Å². The fourth-order valence-corrected chi connectivity index (χ4v) is 3.98.